The Hall–Kier alpha value is -4.73. The highest BCUT2D eigenvalue weighted by atomic mass is 16.5. The Morgan fingerprint density at radius 2 is 1.67 bits per heavy atom. The molecule has 0 unspecified atom stereocenters. The molecular formula is C29H31N5O5. The van der Waals surface area contributed by atoms with Crippen LogP contribution in [0.4, 0.5) is 0 Å². The van der Waals surface area contributed by atoms with Crippen molar-refractivity contribution in [2.24, 2.45) is 0 Å². The Morgan fingerprint density at radius 3 is 2.38 bits per heavy atom. The number of esters is 1. The normalized spacial score (nSPS) is 11.7. The average Bonchev–Trinajstić information content (AvgIpc) is 3.66. The van der Waals surface area contributed by atoms with Gasteiger partial charge in [-0.05, 0) is 43.5 Å². The number of carbonyl (C=O) groups excluding carboxylic acids is 3. The van der Waals surface area contributed by atoms with Crippen LogP contribution in [-0.4, -0.2) is 45.6 Å². The standard InChI is InChI=1S/C29H31N5O5/c1-4-21(5-2)31-27(36)24-17-30-28(39-24)20-14-10-13-19(15-20)22-16-23(34-33-22)26(35)32-25(29(37)38-6-3)18-11-8-7-9-12-18/h7-17,21,25H,4-6H2,1-3H3,(H,31,36)(H,32,35)(H,33,34)/t25-/m1/s1. The van der Waals surface area contributed by atoms with Crippen LogP contribution in [0.1, 0.15) is 66.3 Å². The van der Waals surface area contributed by atoms with E-state index < -0.39 is 17.9 Å². The van der Waals surface area contributed by atoms with Gasteiger partial charge in [-0.1, -0.05) is 56.3 Å². The zero-order valence-corrected chi connectivity index (χ0v) is 22.1. The van der Waals surface area contributed by atoms with Crippen molar-refractivity contribution in [2.75, 3.05) is 6.61 Å². The molecule has 3 N–H and O–H groups in total. The van der Waals surface area contributed by atoms with Gasteiger partial charge in [0.05, 0.1) is 18.5 Å². The van der Waals surface area contributed by atoms with Crippen molar-refractivity contribution in [2.45, 2.75) is 45.7 Å². The van der Waals surface area contributed by atoms with Crippen molar-refractivity contribution < 1.29 is 23.5 Å². The van der Waals surface area contributed by atoms with E-state index in [1.54, 1.807) is 37.3 Å². The van der Waals surface area contributed by atoms with Crippen LogP contribution < -0.4 is 10.6 Å². The van der Waals surface area contributed by atoms with Crippen LogP contribution in [0.15, 0.2) is 71.3 Å². The molecule has 4 rings (SSSR count). The van der Waals surface area contributed by atoms with E-state index in [0.717, 1.165) is 18.4 Å². The Balaban J connectivity index is 1.50. The minimum absolute atomic E-state index is 0.0708. The molecule has 2 amide bonds. The maximum absolute atomic E-state index is 13.0. The number of nitrogens with one attached hydrogen (secondary N) is 3. The van der Waals surface area contributed by atoms with Gasteiger partial charge in [0.25, 0.3) is 11.8 Å². The second-order valence-electron chi connectivity index (χ2n) is 8.83. The van der Waals surface area contributed by atoms with Gasteiger partial charge in [0.1, 0.15) is 0 Å². The highest BCUT2D eigenvalue weighted by Gasteiger charge is 2.25. The largest absolute Gasteiger partial charge is 0.464 e. The number of rotatable bonds is 11. The van der Waals surface area contributed by atoms with E-state index in [0.29, 0.717) is 22.7 Å². The molecule has 202 valence electrons. The quantitative estimate of drug-likeness (QED) is 0.240. The second kappa shape index (κ2) is 12.7. The lowest BCUT2D eigenvalue weighted by molar-refractivity contribution is -0.145. The summed E-state index contributed by atoms with van der Waals surface area (Å²) in [5.74, 6) is -0.961. The molecule has 2 aromatic carbocycles. The highest BCUT2D eigenvalue weighted by Crippen LogP contribution is 2.26. The molecule has 0 radical (unpaired) electrons. The highest BCUT2D eigenvalue weighted by molar-refractivity contribution is 5.96. The van der Waals surface area contributed by atoms with Gasteiger partial charge in [-0.25, -0.2) is 9.78 Å². The van der Waals surface area contributed by atoms with E-state index in [1.165, 1.54) is 6.20 Å². The molecule has 10 nitrogen and oxygen atoms in total. The zero-order valence-electron chi connectivity index (χ0n) is 22.1. The fraction of sp³-hybridized carbons (Fsp3) is 0.276. The van der Waals surface area contributed by atoms with E-state index in [-0.39, 0.29) is 30.0 Å². The summed E-state index contributed by atoms with van der Waals surface area (Å²) < 4.78 is 10.9. The first-order chi connectivity index (χ1) is 18.9. The predicted octanol–water partition coefficient (Wildman–Crippen LogP) is 4.68. The molecule has 0 saturated carbocycles. The Labute approximate surface area is 226 Å². The minimum Gasteiger partial charge on any atom is -0.464 e. The van der Waals surface area contributed by atoms with Gasteiger partial charge < -0.3 is 19.8 Å². The first-order valence-electron chi connectivity index (χ1n) is 12.9. The van der Waals surface area contributed by atoms with Gasteiger partial charge in [0.2, 0.25) is 11.7 Å². The van der Waals surface area contributed by atoms with Crippen LogP contribution in [0, 0.1) is 0 Å². The number of carbonyl (C=O) groups is 3. The number of aromatic amines is 1. The predicted molar refractivity (Wildman–Crippen MR) is 145 cm³/mol. The first-order valence-corrected chi connectivity index (χ1v) is 12.9. The first kappa shape index (κ1) is 27.3. The third kappa shape index (κ3) is 6.59. The summed E-state index contributed by atoms with van der Waals surface area (Å²) in [6.07, 6.45) is 3.06. The smallest absolute Gasteiger partial charge is 0.333 e. The van der Waals surface area contributed by atoms with Gasteiger partial charge in [-0.15, -0.1) is 0 Å². The number of oxazole rings is 1. The lowest BCUT2D eigenvalue weighted by Gasteiger charge is -2.17. The number of hydrogen-bond donors (Lipinski definition) is 3. The van der Waals surface area contributed by atoms with E-state index in [1.807, 2.05) is 44.2 Å². The van der Waals surface area contributed by atoms with Crippen molar-refractivity contribution in [3.05, 3.63) is 83.9 Å². The Kier molecular flexibility index (Phi) is 8.88. The summed E-state index contributed by atoms with van der Waals surface area (Å²) in [7, 11) is 0. The molecule has 2 heterocycles. The number of hydrogen-bond acceptors (Lipinski definition) is 7. The third-order valence-corrected chi connectivity index (χ3v) is 6.21. The summed E-state index contributed by atoms with van der Waals surface area (Å²) in [4.78, 5) is 42.3. The molecule has 0 fully saturated rings. The molecule has 0 aliphatic heterocycles. The van der Waals surface area contributed by atoms with Crippen LogP contribution in [0.3, 0.4) is 0 Å². The SMILES string of the molecule is CCOC(=O)[C@H](NC(=O)c1cc(-c2cccc(-c3ncc(C(=O)NC(CC)CC)o3)c2)[nH]n1)c1ccccc1. The Morgan fingerprint density at radius 1 is 0.923 bits per heavy atom. The lowest BCUT2D eigenvalue weighted by atomic mass is 10.1. The summed E-state index contributed by atoms with van der Waals surface area (Å²) in [5, 5.41) is 12.6. The molecule has 4 aromatic rings. The number of amides is 2. The van der Waals surface area contributed by atoms with E-state index >= 15 is 0 Å². The number of H-pyrrole nitrogens is 1. The number of ether oxygens (including phenoxy) is 1. The lowest BCUT2D eigenvalue weighted by Crippen LogP contribution is -2.35. The third-order valence-electron chi connectivity index (χ3n) is 6.21. The molecular weight excluding hydrogens is 498 g/mol. The molecule has 1 atom stereocenters. The summed E-state index contributed by atoms with van der Waals surface area (Å²) in [6, 6.07) is 16.8. The Bertz CT molecular complexity index is 1420. The summed E-state index contributed by atoms with van der Waals surface area (Å²) in [5.41, 5.74) is 2.67. The van der Waals surface area contributed by atoms with Gasteiger partial charge >= 0.3 is 5.97 Å². The van der Waals surface area contributed by atoms with Crippen molar-refractivity contribution in [3.8, 4) is 22.7 Å². The van der Waals surface area contributed by atoms with Crippen molar-refractivity contribution in [1.82, 2.24) is 25.8 Å². The number of nitrogens with zero attached hydrogens (tertiary/aromatic N) is 2. The summed E-state index contributed by atoms with van der Waals surface area (Å²) >= 11 is 0. The fourth-order valence-electron chi connectivity index (χ4n) is 4.02. The topological polar surface area (TPSA) is 139 Å². The van der Waals surface area contributed by atoms with Gasteiger partial charge in [0.15, 0.2) is 11.7 Å². The summed E-state index contributed by atoms with van der Waals surface area (Å²) in [6.45, 7) is 5.92. The van der Waals surface area contributed by atoms with Gasteiger partial charge in [-0.3, -0.25) is 14.7 Å². The van der Waals surface area contributed by atoms with Crippen molar-refractivity contribution >= 4 is 17.8 Å². The molecule has 0 bridgehead atoms. The van der Waals surface area contributed by atoms with Gasteiger partial charge in [-0.2, -0.15) is 5.10 Å². The molecule has 10 heteroatoms. The molecule has 0 spiro atoms. The van der Waals surface area contributed by atoms with Crippen LogP contribution in [0.2, 0.25) is 0 Å². The van der Waals surface area contributed by atoms with Gasteiger partial charge in [0, 0.05) is 17.2 Å². The van der Waals surface area contributed by atoms with Crippen LogP contribution in [0.5, 0.6) is 0 Å². The number of aromatic nitrogens is 3. The monoisotopic (exact) mass is 529 g/mol. The van der Waals surface area contributed by atoms with E-state index in [2.05, 4.69) is 25.8 Å². The van der Waals surface area contributed by atoms with Crippen molar-refractivity contribution in [3.63, 3.8) is 0 Å². The molecule has 0 aliphatic rings. The maximum Gasteiger partial charge on any atom is 0.333 e. The van der Waals surface area contributed by atoms with E-state index in [9.17, 15) is 14.4 Å². The van der Waals surface area contributed by atoms with Crippen molar-refractivity contribution in [1.29, 1.82) is 0 Å². The second-order valence-corrected chi connectivity index (χ2v) is 8.83. The molecule has 0 aliphatic carbocycles. The maximum atomic E-state index is 13.0. The van der Waals surface area contributed by atoms with E-state index in [4.69, 9.17) is 9.15 Å². The fourth-order valence-corrected chi connectivity index (χ4v) is 4.02. The molecule has 2 aromatic heterocycles. The number of benzene rings is 2. The van der Waals surface area contributed by atoms with Crippen LogP contribution in [-0.2, 0) is 9.53 Å². The zero-order chi connectivity index (χ0) is 27.8. The van der Waals surface area contributed by atoms with Crippen LogP contribution in [0.25, 0.3) is 22.7 Å². The molecule has 39 heavy (non-hydrogen) atoms. The minimum atomic E-state index is -0.969. The van der Waals surface area contributed by atoms with Crippen LogP contribution >= 0.6 is 0 Å². The molecule has 0 saturated heterocycles. The average molecular weight is 530 g/mol.